The van der Waals surface area contributed by atoms with Crippen LogP contribution in [-0.2, 0) is 11.2 Å². The van der Waals surface area contributed by atoms with Crippen molar-refractivity contribution in [3.05, 3.63) is 17.5 Å². The quantitative estimate of drug-likeness (QED) is 0.754. The molecular formula is C8H10F2N2O2. The number of esters is 1. The molecule has 1 N–H and O–H groups in total. The van der Waals surface area contributed by atoms with Gasteiger partial charge in [-0.1, -0.05) is 0 Å². The van der Waals surface area contributed by atoms with Crippen molar-refractivity contribution in [1.82, 2.24) is 10.2 Å². The Morgan fingerprint density at radius 3 is 3.00 bits per heavy atom. The summed E-state index contributed by atoms with van der Waals surface area (Å²) < 4.78 is 28.7. The molecule has 0 aliphatic carbocycles. The average molecular weight is 204 g/mol. The number of halogens is 2. The van der Waals surface area contributed by atoms with E-state index in [9.17, 15) is 13.6 Å². The summed E-state index contributed by atoms with van der Waals surface area (Å²) in [6.07, 6.45) is -1.84. The van der Waals surface area contributed by atoms with E-state index < -0.39 is 18.8 Å². The normalized spacial score (nSPS) is 10.6. The summed E-state index contributed by atoms with van der Waals surface area (Å²) in [5.41, 5.74) is 0.186. The number of H-pyrrole nitrogens is 1. The summed E-state index contributed by atoms with van der Waals surface area (Å²) >= 11 is 0. The van der Waals surface area contributed by atoms with Crippen LogP contribution < -0.4 is 0 Å². The van der Waals surface area contributed by atoms with E-state index in [2.05, 4.69) is 14.9 Å². The first kappa shape index (κ1) is 10.6. The minimum Gasteiger partial charge on any atom is -0.462 e. The molecule has 1 heterocycles. The Hall–Kier alpha value is -1.46. The lowest BCUT2D eigenvalue weighted by atomic mass is 10.2. The van der Waals surface area contributed by atoms with Crippen LogP contribution in [0.4, 0.5) is 8.78 Å². The zero-order valence-electron chi connectivity index (χ0n) is 7.59. The van der Waals surface area contributed by atoms with Gasteiger partial charge in [0.1, 0.15) is 5.56 Å². The Kier molecular flexibility index (Phi) is 3.55. The molecule has 0 spiro atoms. The van der Waals surface area contributed by atoms with Crippen molar-refractivity contribution < 1.29 is 18.3 Å². The number of carbonyl (C=O) groups is 1. The van der Waals surface area contributed by atoms with Gasteiger partial charge in [0.05, 0.1) is 24.9 Å². The van der Waals surface area contributed by atoms with E-state index in [0.29, 0.717) is 0 Å². The van der Waals surface area contributed by atoms with Crippen LogP contribution in [0.5, 0.6) is 0 Å². The summed E-state index contributed by atoms with van der Waals surface area (Å²) in [5, 5.41) is 5.86. The van der Waals surface area contributed by atoms with Crippen LogP contribution in [0.3, 0.4) is 0 Å². The first-order valence-corrected chi connectivity index (χ1v) is 4.12. The average Bonchev–Trinajstić information content (AvgIpc) is 2.51. The van der Waals surface area contributed by atoms with E-state index in [0.717, 1.165) is 0 Å². The summed E-state index contributed by atoms with van der Waals surface area (Å²) in [6, 6.07) is 0. The highest BCUT2D eigenvalue weighted by molar-refractivity contribution is 5.90. The maximum Gasteiger partial charge on any atom is 0.341 e. The molecule has 4 nitrogen and oxygen atoms in total. The van der Waals surface area contributed by atoms with Gasteiger partial charge in [-0.2, -0.15) is 5.10 Å². The Labute approximate surface area is 79.3 Å². The third-order valence-electron chi connectivity index (χ3n) is 1.57. The molecule has 1 aromatic heterocycles. The second-order valence-electron chi connectivity index (χ2n) is 2.58. The predicted octanol–water partition coefficient (Wildman–Crippen LogP) is 1.39. The number of alkyl halides is 2. The van der Waals surface area contributed by atoms with Crippen LogP contribution in [0.15, 0.2) is 6.20 Å². The van der Waals surface area contributed by atoms with Gasteiger partial charge in [-0.15, -0.1) is 0 Å². The molecule has 0 aliphatic rings. The van der Waals surface area contributed by atoms with Crippen LogP contribution in [0.2, 0.25) is 0 Å². The molecule has 0 amide bonds. The molecule has 0 aliphatic heterocycles. The zero-order valence-corrected chi connectivity index (χ0v) is 7.59. The Morgan fingerprint density at radius 1 is 1.71 bits per heavy atom. The molecule has 0 atom stereocenters. The molecule has 1 aromatic rings. The fourth-order valence-electron chi connectivity index (χ4n) is 1.01. The van der Waals surface area contributed by atoms with Crippen molar-refractivity contribution in [3.63, 3.8) is 0 Å². The van der Waals surface area contributed by atoms with Gasteiger partial charge in [0, 0.05) is 0 Å². The van der Waals surface area contributed by atoms with Gasteiger partial charge in [-0.25, -0.2) is 13.6 Å². The summed E-state index contributed by atoms with van der Waals surface area (Å²) in [7, 11) is 0. The summed E-state index contributed by atoms with van der Waals surface area (Å²) in [4.78, 5) is 11.2. The second-order valence-corrected chi connectivity index (χ2v) is 2.58. The van der Waals surface area contributed by atoms with Crippen molar-refractivity contribution in [3.8, 4) is 0 Å². The van der Waals surface area contributed by atoms with Gasteiger partial charge in [0.25, 0.3) is 0 Å². The molecule has 14 heavy (non-hydrogen) atoms. The Morgan fingerprint density at radius 2 is 2.43 bits per heavy atom. The van der Waals surface area contributed by atoms with Crippen LogP contribution in [-0.4, -0.2) is 29.2 Å². The fourth-order valence-corrected chi connectivity index (χ4v) is 1.01. The molecule has 0 fully saturated rings. The minimum atomic E-state index is -2.51. The molecule has 0 aromatic carbocycles. The van der Waals surface area contributed by atoms with Crippen LogP contribution in [0.25, 0.3) is 0 Å². The highest BCUT2D eigenvalue weighted by Crippen LogP contribution is 2.11. The molecule has 0 radical (unpaired) electrons. The molecule has 0 bridgehead atoms. The van der Waals surface area contributed by atoms with E-state index in [1.54, 1.807) is 6.92 Å². The van der Waals surface area contributed by atoms with Gasteiger partial charge < -0.3 is 4.74 Å². The van der Waals surface area contributed by atoms with Gasteiger partial charge in [0.2, 0.25) is 6.43 Å². The number of ether oxygens (including phenoxy) is 1. The molecule has 78 valence electrons. The lowest BCUT2D eigenvalue weighted by Crippen LogP contribution is -2.08. The predicted molar refractivity (Wildman–Crippen MR) is 44.3 cm³/mol. The maximum absolute atomic E-state index is 12.0. The van der Waals surface area contributed by atoms with Crippen LogP contribution >= 0.6 is 0 Å². The first-order valence-electron chi connectivity index (χ1n) is 4.12. The number of nitrogens with zero attached hydrogens (tertiary/aromatic N) is 1. The van der Waals surface area contributed by atoms with E-state index >= 15 is 0 Å². The third kappa shape index (κ3) is 2.51. The highest BCUT2D eigenvalue weighted by atomic mass is 19.3. The molecule has 0 saturated heterocycles. The summed E-state index contributed by atoms with van der Waals surface area (Å²) in [5.74, 6) is -0.628. The minimum absolute atomic E-state index is 0.0761. The fraction of sp³-hybridized carbons (Fsp3) is 0.500. The lowest BCUT2D eigenvalue weighted by Gasteiger charge is -2.01. The van der Waals surface area contributed by atoms with Crippen LogP contribution in [0.1, 0.15) is 23.0 Å². The first-order chi connectivity index (χ1) is 6.65. The number of aromatic amines is 1. The number of hydrogen-bond acceptors (Lipinski definition) is 3. The van der Waals surface area contributed by atoms with Gasteiger partial charge in [-0.3, -0.25) is 5.10 Å². The van der Waals surface area contributed by atoms with E-state index in [1.807, 2.05) is 0 Å². The molecule has 0 saturated carbocycles. The number of nitrogens with one attached hydrogen (secondary N) is 1. The highest BCUT2D eigenvalue weighted by Gasteiger charge is 2.17. The Bertz CT molecular complexity index is 312. The molecule has 6 heteroatoms. The number of aromatic nitrogens is 2. The van der Waals surface area contributed by atoms with E-state index in [-0.39, 0.29) is 17.9 Å². The molecule has 1 rings (SSSR count). The largest absolute Gasteiger partial charge is 0.462 e. The lowest BCUT2D eigenvalue weighted by molar-refractivity contribution is 0.0524. The molecule has 0 unspecified atom stereocenters. The Balaban J connectivity index is 2.76. The zero-order chi connectivity index (χ0) is 10.6. The van der Waals surface area contributed by atoms with E-state index in [1.165, 1.54) is 6.20 Å². The van der Waals surface area contributed by atoms with Crippen molar-refractivity contribution >= 4 is 5.97 Å². The number of carbonyl (C=O) groups excluding carboxylic acids is 1. The standard InChI is InChI=1S/C8H10F2N2O2/c1-2-14-8(13)5-4-11-12-6(5)3-7(9)10/h4,7H,2-3H2,1H3,(H,11,12). The second kappa shape index (κ2) is 4.69. The smallest absolute Gasteiger partial charge is 0.341 e. The van der Waals surface area contributed by atoms with Crippen LogP contribution in [0, 0.1) is 0 Å². The summed E-state index contributed by atoms with van der Waals surface area (Å²) in [6.45, 7) is 1.85. The van der Waals surface area contributed by atoms with Crippen molar-refractivity contribution in [1.29, 1.82) is 0 Å². The van der Waals surface area contributed by atoms with Gasteiger partial charge in [-0.05, 0) is 6.92 Å². The third-order valence-corrected chi connectivity index (χ3v) is 1.57. The topological polar surface area (TPSA) is 55.0 Å². The van der Waals surface area contributed by atoms with E-state index in [4.69, 9.17) is 0 Å². The maximum atomic E-state index is 12.0. The monoisotopic (exact) mass is 204 g/mol. The SMILES string of the molecule is CCOC(=O)c1cn[nH]c1CC(F)F. The number of rotatable bonds is 4. The molecular weight excluding hydrogens is 194 g/mol. The van der Waals surface area contributed by atoms with Crippen molar-refractivity contribution in [2.24, 2.45) is 0 Å². The van der Waals surface area contributed by atoms with Crippen molar-refractivity contribution in [2.45, 2.75) is 19.8 Å². The number of hydrogen-bond donors (Lipinski definition) is 1. The van der Waals surface area contributed by atoms with Crippen molar-refractivity contribution in [2.75, 3.05) is 6.61 Å². The van der Waals surface area contributed by atoms with Gasteiger partial charge in [0.15, 0.2) is 0 Å². The van der Waals surface area contributed by atoms with Gasteiger partial charge >= 0.3 is 5.97 Å².